The standard InChI is InChI=1S/C72H46N8/c1-3-16-49(17-4-1)67-73-69(77-71(75-67)53-38-42-57(43-39-53)79-63-26-11-7-22-59(63)60-23-8-12-27-64(60)79)51-34-30-47(31-35-51)55-20-15-21-56(46-55)48-32-36-52(37-33-48)70-74-68(50-18-5-2-6-19-50)76-72(78-70)54-40-44-58(45-41-54)80-65-28-13-9-24-61(65)62-25-10-14-29-66(62)80/h1-46H. The molecule has 4 heterocycles. The highest BCUT2D eigenvalue weighted by Crippen LogP contribution is 2.36. The summed E-state index contributed by atoms with van der Waals surface area (Å²) < 4.78 is 4.64. The first-order chi connectivity index (χ1) is 39.6. The van der Waals surface area contributed by atoms with Crippen molar-refractivity contribution in [1.29, 1.82) is 0 Å². The fourth-order valence-corrected chi connectivity index (χ4v) is 11.1. The number of hydrogen-bond donors (Lipinski definition) is 0. The molecule has 0 unspecified atom stereocenters. The molecule has 0 bridgehead atoms. The van der Waals surface area contributed by atoms with E-state index in [1.54, 1.807) is 0 Å². The third-order valence-corrected chi connectivity index (χ3v) is 15.1. The van der Waals surface area contributed by atoms with Crippen LogP contribution in [-0.4, -0.2) is 39.0 Å². The zero-order valence-corrected chi connectivity index (χ0v) is 43.1. The lowest BCUT2D eigenvalue weighted by atomic mass is 9.97. The maximum atomic E-state index is 5.10. The number of hydrogen-bond acceptors (Lipinski definition) is 6. The van der Waals surface area contributed by atoms with Gasteiger partial charge in [0.15, 0.2) is 34.9 Å². The van der Waals surface area contributed by atoms with Crippen LogP contribution in [0.4, 0.5) is 0 Å². The lowest BCUT2D eigenvalue weighted by molar-refractivity contribution is 1.07. The Balaban J connectivity index is 0.714. The van der Waals surface area contributed by atoms with Crippen LogP contribution in [0.25, 0.3) is 146 Å². The van der Waals surface area contributed by atoms with Crippen LogP contribution in [0.5, 0.6) is 0 Å². The Morgan fingerprint density at radius 1 is 0.175 bits per heavy atom. The molecule has 0 aliphatic rings. The van der Waals surface area contributed by atoms with Gasteiger partial charge in [-0.3, -0.25) is 0 Å². The monoisotopic (exact) mass is 1020 g/mol. The predicted octanol–water partition coefficient (Wildman–Crippen LogP) is 17.6. The zero-order valence-electron chi connectivity index (χ0n) is 43.1. The smallest absolute Gasteiger partial charge is 0.164 e. The lowest BCUT2D eigenvalue weighted by Crippen LogP contribution is -2.00. The summed E-state index contributed by atoms with van der Waals surface area (Å²) in [5, 5.41) is 4.91. The lowest BCUT2D eigenvalue weighted by Gasteiger charge is -2.11. The quantitative estimate of drug-likeness (QED) is 0.136. The molecule has 15 rings (SSSR count). The molecule has 0 saturated heterocycles. The van der Waals surface area contributed by atoms with Crippen LogP contribution in [-0.2, 0) is 0 Å². The third kappa shape index (κ3) is 8.36. The molecule has 374 valence electrons. The molecule has 0 fully saturated rings. The van der Waals surface area contributed by atoms with Gasteiger partial charge in [-0.15, -0.1) is 0 Å². The molecule has 15 aromatic rings. The average molecular weight is 1020 g/mol. The Bertz CT molecular complexity index is 4370. The van der Waals surface area contributed by atoms with Gasteiger partial charge in [0.25, 0.3) is 0 Å². The largest absolute Gasteiger partial charge is 0.309 e. The van der Waals surface area contributed by atoms with Gasteiger partial charge in [0.1, 0.15) is 0 Å². The average Bonchev–Trinajstić information content (AvgIpc) is 4.19. The van der Waals surface area contributed by atoms with Gasteiger partial charge in [0, 0.05) is 66.3 Å². The molecule has 0 aliphatic carbocycles. The highest BCUT2D eigenvalue weighted by atomic mass is 15.0. The van der Waals surface area contributed by atoms with Crippen molar-refractivity contribution in [3.63, 3.8) is 0 Å². The molecule has 0 N–H and O–H groups in total. The van der Waals surface area contributed by atoms with Crippen LogP contribution >= 0.6 is 0 Å². The van der Waals surface area contributed by atoms with Gasteiger partial charge >= 0.3 is 0 Å². The normalized spacial score (nSPS) is 11.5. The van der Waals surface area contributed by atoms with Crippen LogP contribution < -0.4 is 0 Å². The van der Waals surface area contributed by atoms with Gasteiger partial charge in [0.2, 0.25) is 0 Å². The van der Waals surface area contributed by atoms with Gasteiger partial charge in [-0.1, -0.05) is 200 Å². The summed E-state index contributed by atoms with van der Waals surface area (Å²) in [5.41, 5.74) is 16.6. The van der Waals surface area contributed by atoms with E-state index in [2.05, 4.69) is 228 Å². The molecule has 11 aromatic carbocycles. The van der Waals surface area contributed by atoms with E-state index in [0.717, 1.165) is 67.0 Å². The van der Waals surface area contributed by atoms with Crippen LogP contribution in [0.1, 0.15) is 0 Å². The molecule has 80 heavy (non-hydrogen) atoms. The summed E-state index contributed by atoms with van der Waals surface area (Å²) in [6.07, 6.45) is 0. The van der Waals surface area contributed by atoms with Crippen molar-refractivity contribution >= 4 is 43.6 Å². The molecule has 0 amide bonds. The Hall–Kier alpha value is -11.0. The van der Waals surface area contributed by atoms with Crippen LogP contribution in [0.15, 0.2) is 279 Å². The minimum absolute atomic E-state index is 0.607. The number of fused-ring (bicyclic) bond motifs is 6. The predicted molar refractivity (Wildman–Crippen MR) is 325 cm³/mol. The molecule has 8 nitrogen and oxygen atoms in total. The van der Waals surface area contributed by atoms with Crippen molar-refractivity contribution in [2.24, 2.45) is 0 Å². The molecule has 0 spiro atoms. The van der Waals surface area contributed by atoms with Gasteiger partial charge in [0.05, 0.1) is 22.1 Å². The maximum absolute atomic E-state index is 5.10. The molecule has 8 heteroatoms. The Labute approximate surface area is 461 Å². The third-order valence-electron chi connectivity index (χ3n) is 15.1. The summed E-state index contributed by atoms with van der Waals surface area (Å²) >= 11 is 0. The zero-order chi connectivity index (χ0) is 52.9. The Morgan fingerprint density at radius 2 is 0.400 bits per heavy atom. The second-order valence-electron chi connectivity index (χ2n) is 19.9. The second kappa shape index (κ2) is 19.6. The van der Waals surface area contributed by atoms with Crippen molar-refractivity contribution in [2.75, 3.05) is 0 Å². The molecule has 0 atom stereocenters. The van der Waals surface area contributed by atoms with Crippen LogP contribution in [0, 0.1) is 0 Å². The minimum Gasteiger partial charge on any atom is -0.309 e. The van der Waals surface area contributed by atoms with E-state index in [4.69, 9.17) is 29.9 Å². The van der Waals surface area contributed by atoms with Crippen LogP contribution in [0.3, 0.4) is 0 Å². The fraction of sp³-hybridized carbons (Fsp3) is 0. The number of para-hydroxylation sites is 4. The highest BCUT2D eigenvalue weighted by molar-refractivity contribution is 6.10. The van der Waals surface area contributed by atoms with Crippen molar-refractivity contribution in [1.82, 2.24) is 39.0 Å². The Morgan fingerprint density at radius 3 is 0.700 bits per heavy atom. The van der Waals surface area contributed by atoms with E-state index in [0.29, 0.717) is 34.9 Å². The first-order valence-corrected chi connectivity index (χ1v) is 26.8. The first kappa shape index (κ1) is 46.4. The van der Waals surface area contributed by atoms with Crippen LogP contribution in [0.2, 0.25) is 0 Å². The fourth-order valence-electron chi connectivity index (χ4n) is 11.1. The molecule has 4 aromatic heterocycles. The maximum Gasteiger partial charge on any atom is 0.164 e. The molecule has 0 radical (unpaired) electrons. The van der Waals surface area contributed by atoms with Gasteiger partial charge in [-0.25, -0.2) is 29.9 Å². The molecule has 0 saturated carbocycles. The van der Waals surface area contributed by atoms with Crippen molar-refractivity contribution < 1.29 is 0 Å². The summed E-state index contributed by atoms with van der Waals surface area (Å²) in [7, 11) is 0. The van der Waals surface area contributed by atoms with Gasteiger partial charge < -0.3 is 9.13 Å². The number of aromatic nitrogens is 8. The molecule has 0 aliphatic heterocycles. The summed E-state index contributed by atoms with van der Waals surface area (Å²) in [6, 6.07) is 97.1. The second-order valence-corrected chi connectivity index (χ2v) is 19.9. The van der Waals surface area contributed by atoms with Crippen molar-refractivity contribution in [3.05, 3.63) is 279 Å². The summed E-state index contributed by atoms with van der Waals surface area (Å²) in [6.45, 7) is 0. The van der Waals surface area contributed by atoms with E-state index in [1.807, 2.05) is 60.7 Å². The van der Waals surface area contributed by atoms with Crippen molar-refractivity contribution in [2.45, 2.75) is 0 Å². The SMILES string of the molecule is c1ccc(-c2nc(-c3ccc(-c4cccc(-c5ccc(-c6nc(-c7ccccc7)nc(-c7ccc(-n8c9ccccc9c9ccccc98)cc7)n6)cc5)c4)cc3)nc(-c3ccc(-n4c5ccccc5c5ccccc54)cc3)n2)cc1. The highest BCUT2D eigenvalue weighted by Gasteiger charge is 2.18. The topological polar surface area (TPSA) is 87.2 Å². The summed E-state index contributed by atoms with van der Waals surface area (Å²) in [4.78, 5) is 30.4. The number of benzene rings is 11. The van der Waals surface area contributed by atoms with Gasteiger partial charge in [-0.2, -0.15) is 0 Å². The van der Waals surface area contributed by atoms with E-state index >= 15 is 0 Å². The minimum atomic E-state index is 0.607. The van der Waals surface area contributed by atoms with Gasteiger partial charge in [-0.05, 0) is 101 Å². The first-order valence-electron chi connectivity index (χ1n) is 26.8. The van der Waals surface area contributed by atoms with E-state index in [1.165, 1.54) is 43.6 Å². The number of nitrogens with zero attached hydrogens (tertiary/aromatic N) is 8. The number of rotatable bonds is 10. The van der Waals surface area contributed by atoms with E-state index in [9.17, 15) is 0 Å². The summed E-state index contributed by atoms with van der Waals surface area (Å²) in [5.74, 6) is 3.67. The van der Waals surface area contributed by atoms with E-state index in [-0.39, 0.29) is 0 Å². The van der Waals surface area contributed by atoms with E-state index < -0.39 is 0 Å². The van der Waals surface area contributed by atoms with Crippen molar-refractivity contribution in [3.8, 4) is 102 Å². The molecular weight excluding hydrogens is 977 g/mol. The Kier molecular flexibility index (Phi) is 11.3. The molecular formula is C72H46N8.